The zero-order chi connectivity index (χ0) is 18.4. The predicted molar refractivity (Wildman–Crippen MR) is 99.1 cm³/mol. The number of hydrogen-bond donors (Lipinski definition) is 3. The molecular weight excluding hydrogens is 304 g/mol. The molecule has 1 rings (SSSR count). The van der Waals surface area contributed by atoms with Crippen molar-refractivity contribution in [3.05, 3.63) is 18.0 Å². The van der Waals surface area contributed by atoms with Crippen LogP contribution in [-0.2, 0) is 12.6 Å². The molecule has 0 fully saturated rings. The fourth-order valence-corrected chi connectivity index (χ4v) is 2.60. The van der Waals surface area contributed by atoms with Crippen LogP contribution in [0.15, 0.2) is 17.4 Å². The minimum Gasteiger partial charge on any atom is -0.383 e. The van der Waals surface area contributed by atoms with E-state index in [1.807, 2.05) is 20.2 Å². The molecule has 3 N–H and O–H groups in total. The van der Waals surface area contributed by atoms with Gasteiger partial charge in [-0.1, -0.05) is 13.8 Å². The second-order valence-electron chi connectivity index (χ2n) is 7.63. The Morgan fingerprint density at radius 2 is 2.00 bits per heavy atom. The highest BCUT2D eigenvalue weighted by Crippen LogP contribution is 2.19. The molecule has 0 amide bonds. The van der Waals surface area contributed by atoms with Crippen LogP contribution in [0.4, 0.5) is 0 Å². The summed E-state index contributed by atoms with van der Waals surface area (Å²) in [4.78, 5) is 6.85. The maximum atomic E-state index is 10.7. The normalized spacial score (nSPS) is 15.5. The zero-order valence-electron chi connectivity index (χ0n) is 16.2. The Morgan fingerprint density at radius 1 is 1.33 bits per heavy atom. The van der Waals surface area contributed by atoms with E-state index in [2.05, 4.69) is 53.6 Å². The van der Waals surface area contributed by atoms with Crippen molar-refractivity contribution in [3.8, 4) is 0 Å². The molecule has 7 heteroatoms. The van der Waals surface area contributed by atoms with Gasteiger partial charge in [-0.3, -0.25) is 9.67 Å². The molecule has 0 saturated heterocycles. The van der Waals surface area contributed by atoms with Crippen molar-refractivity contribution >= 4 is 5.96 Å². The van der Waals surface area contributed by atoms with Gasteiger partial charge in [0.25, 0.3) is 0 Å². The number of aliphatic imine (C=N–C) groups is 1. The number of guanidine groups is 1. The zero-order valence-corrected chi connectivity index (χ0v) is 16.2. The molecule has 138 valence electrons. The van der Waals surface area contributed by atoms with Crippen molar-refractivity contribution in [2.45, 2.75) is 33.3 Å². The Morgan fingerprint density at radius 3 is 2.50 bits per heavy atom. The molecule has 0 aliphatic heterocycles. The highest BCUT2D eigenvalue weighted by Gasteiger charge is 2.25. The van der Waals surface area contributed by atoms with Gasteiger partial charge in [0.05, 0.1) is 12.7 Å². The fraction of sp³-hybridized carbons (Fsp3) is 0.765. The van der Waals surface area contributed by atoms with E-state index < -0.39 is 5.60 Å². The van der Waals surface area contributed by atoms with Crippen LogP contribution in [0.1, 0.15) is 33.3 Å². The summed E-state index contributed by atoms with van der Waals surface area (Å²) < 4.78 is 1.69. The number of rotatable bonds is 8. The molecular formula is C17H34N6O. The van der Waals surface area contributed by atoms with Gasteiger partial charge in [0.2, 0.25) is 0 Å². The van der Waals surface area contributed by atoms with E-state index in [9.17, 15) is 5.11 Å². The third kappa shape index (κ3) is 6.88. The molecule has 7 nitrogen and oxygen atoms in total. The van der Waals surface area contributed by atoms with Crippen LogP contribution < -0.4 is 10.6 Å². The van der Waals surface area contributed by atoms with Crippen LogP contribution in [0.25, 0.3) is 0 Å². The molecule has 1 aromatic heterocycles. The first-order valence-corrected chi connectivity index (χ1v) is 8.44. The summed E-state index contributed by atoms with van der Waals surface area (Å²) in [6, 6.07) is 0. The molecule has 0 saturated carbocycles. The highest BCUT2D eigenvalue weighted by molar-refractivity contribution is 5.79. The van der Waals surface area contributed by atoms with Gasteiger partial charge in [0.15, 0.2) is 5.96 Å². The smallest absolute Gasteiger partial charge is 0.191 e. The Hall–Kier alpha value is -1.60. The van der Waals surface area contributed by atoms with Crippen LogP contribution >= 0.6 is 0 Å². The summed E-state index contributed by atoms with van der Waals surface area (Å²) in [6.07, 6.45) is 3.51. The lowest BCUT2D eigenvalue weighted by atomic mass is 9.93. The second kappa shape index (κ2) is 8.48. The monoisotopic (exact) mass is 338 g/mol. The van der Waals surface area contributed by atoms with Crippen LogP contribution in [-0.4, -0.2) is 66.0 Å². The Kier molecular flexibility index (Phi) is 7.23. The standard InChI is InChI=1S/C17H34N6O/c1-8-18-15(19-11-16(2,3)13-22(5)6)20-12-17(4,24)14-9-21-23(7)10-14/h9-10,24H,8,11-13H2,1-7H3,(H2,18,19,20). The summed E-state index contributed by atoms with van der Waals surface area (Å²) in [5, 5.41) is 21.2. The summed E-state index contributed by atoms with van der Waals surface area (Å²) in [5.74, 6) is 0.716. The third-order valence-electron chi connectivity index (χ3n) is 3.68. The van der Waals surface area contributed by atoms with E-state index in [0.717, 1.165) is 18.7 Å². The Labute approximate surface area is 146 Å². The average Bonchev–Trinajstić information content (AvgIpc) is 2.88. The number of aryl methyl sites for hydroxylation is 1. The van der Waals surface area contributed by atoms with Gasteiger partial charge < -0.3 is 20.6 Å². The molecule has 1 heterocycles. The maximum Gasteiger partial charge on any atom is 0.191 e. The Bertz CT molecular complexity index is 533. The topological polar surface area (TPSA) is 77.7 Å². The summed E-state index contributed by atoms with van der Waals surface area (Å²) in [6.45, 7) is 11.0. The van der Waals surface area contributed by atoms with Crippen LogP contribution in [0, 0.1) is 5.41 Å². The molecule has 24 heavy (non-hydrogen) atoms. The number of hydrogen-bond acceptors (Lipinski definition) is 4. The van der Waals surface area contributed by atoms with Crippen LogP contribution in [0.3, 0.4) is 0 Å². The van der Waals surface area contributed by atoms with Crippen LogP contribution in [0.5, 0.6) is 0 Å². The molecule has 0 radical (unpaired) electrons. The first-order chi connectivity index (χ1) is 11.1. The lowest BCUT2D eigenvalue weighted by Gasteiger charge is -2.27. The van der Waals surface area contributed by atoms with Crippen molar-refractivity contribution in [3.63, 3.8) is 0 Å². The van der Waals surface area contributed by atoms with Gasteiger partial charge in [0, 0.05) is 38.4 Å². The van der Waals surface area contributed by atoms with Gasteiger partial charge in [-0.2, -0.15) is 5.10 Å². The van der Waals surface area contributed by atoms with E-state index in [1.165, 1.54) is 0 Å². The molecule has 0 aromatic carbocycles. The van der Waals surface area contributed by atoms with Crippen molar-refractivity contribution in [1.29, 1.82) is 0 Å². The summed E-state index contributed by atoms with van der Waals surface area (Å²) in [7, 11) is 5.98. The van der Waals surface area contributed by atoms with Gasteiger partial charge in [0.1, 0.15) is 5.60 Å². The fourth-order valence-electron chi connectivity index (χ4n) is 2.60. The molecule has 1 atom stereocenters. The first-order valence-electron chi connectivity index (χ1n) is 8.44. The summed E-state index contributed by atoms with van der Waals surface area (Å²) in [5.41, 5.74) is -0.150. The largest absolute Gasteiger partial charge is 0.383 e. The second-order valence-corrected chi connectivity index (χ2v) is 7.63. The third-order valence-corrected chi connectivity index (χ3v) is 3.68. The van der Waals surface area contributed by atoms with Gasteiger partial charge in [-0.15, -0.1) is 0 Å². The lowest BCUT2D eigenvalue weighted by Crippen LogP contribution is -2.45. The van der Waals surface area contributed by atoms with E-state index in [-0.39, 0.29) is 5.41 Å². The predicted octanol–water partition coefficient (Wildman–Crippen LogP) is 0.771. The van der Waals surface area contributed by atoms with Gasteiger partial charge in [-0.05, 0) is 33.4 Å². The Balaban J connectivity index is 2.70. The number of nitrogens with zero attached hydrogens (tertiary/aromatic N) is 4. The minimum atomic E-state index is -1.01. The molecule has 0 bridgehead atoms. The molecule has 0 aliphatic rings. The lowest BCUT2D eigenvalue weighted by molar-refractivity contribution is 0.0616. The highest BCUT2D eigenvalue weighted by atomic mass is 16.3. The van der Waals surface area contributed by atoms with Crippen molar-refractivity contribution < 1.29 is 5.11 Å². The van der Waals surface area contributed by atoms with Gasteiger partial charge in [-0.25, -0.2) is 0 Å². The molecule has 0 aliphatic carbocycles. The van der Waals surface area contributed by atoms with Crippen molar-refractivity contribution in [1.82, 2.24) is 25.3 Å². The quantitative estimate of drug-likeness (QED) is 0.482. The molecule has 1 unspecified atom stereocenters. The molecule has 1 aromatic rings. The SMILES string of the molecule is CCNC(=NCC(C)(C)CN(C)C)NCC(C)(O)c1cnn(C)c1. The van der Waals surface area contributed by atoms with E-state index in [4.69, 9.17) is 0 Å². The van der Waals surface area contributed by atoms with E-state index >= 15 is 0 Å². The van der Waals surface area contributed by atoms with Crippen molar-refractivity contribution in [2.24, 2.45) is 17.5 Å². The van der Waals surface area contributed by atoms with E-state index in [1.54, 1.807) is 17.8 Å². The van der Waals surface area contributed by atoms with Crippen molar-refractivity contribution in [2.75, 3.05) is 40.3 Å². The number of aliphatic hydroxyl groups is 1. The number of nitrogens with one attached hydrogen (secondary N) is 2. The average molecular weight is 339 g/mol. The summed E-state index contributed by atoms with van der Waals surface area (Å²) >= 11 is 0. The first kappa shape index (κ1) is 20.4. The van der Waals surface area contributed by atoms with Gasteiger partial charge >= 0.3 is 0 Å². The number of aromatic nitrogens is 2. The molecule has 0 spiro atoms. The van der Waals surface area contributed by atoms with Crippen LogP contribution in [0.2, 0.25) is 0 Å². The minimum absolute atomic E-state index is 0.0811. The maximum absolute atomic E-state index is 10.7. The van der Waals surface area contributed by atoms with E-state index in [0.29, 0.717) is 19.0 Å².